The van der Waals surface area contributed by atoms with Gasteiger partial charge in [-0.1, -0.05) is 106 Å². The van der Waals surface area contributed by atoms with E-state index in [1.54, 1.807) is 0 Å². The largest absolute Gasteiger partial charge is 0.457 e. The van der Waals surface area contributed by atoms with Crippen molar-refractivity contribution in [3.05, 3.63) is 169 Å². The Morgan fingerprint density at radius 2 is 1.29 bits per heavy atom. The minimum Gasteiger partial charge on any atom is -0.457 e. The zero-order valence-electron chi connectivity index (χ0n) is 32.4. The monoisotopic (exact) mass is 729 g/mol. The molecule has 6 heteroatoms. The normalized spacial score (nSPS) is 13.4. The van der Waals surface area contributed by atoms with E-state index in [9.17, 15) is 0 Å². The summed E-state index contributed by atoms with van der Waals surface area (Å²) in [7, 11) is 4.28. The Kier molecular flexibility index (Phi) is 7.79. The van der Waals surface area contributed by atoms with E-state index < -0.39 is 0 Å². The van der Waals surface area contributed by atoms with Gasteiger partial charge in [-0.2, -0.15) is 0 Å². The van der Waals surface area contributed by atoms with Crippen LogP contribution in [0.15, 0.2) is 158 Å². The van der Waals surface area contributed by atoms with Gasteiger partial charge in [-0.3, -0.25) is 4.57 Å². The summed E-state index contributed by atoms with van der Waals surface area (Å²) < 4.78 is 11.4. The van der Waals surface area contributed by atoms with E-state index in [2.05, 4.69) is 206 Å². The summed E-state index contributed by atoms with van der Waals surface area (Å²) in [5.74, 6) is 2.44. The molecule has 0 saturated heterocycles. The summed E-state index contributed by atoms with van der Waals surface area (Å²) in [6.45, 7) is 7.52. The van der Waals surface area contributed by atoms with Crippen molar-refractivity contribution in [2.75, 3.05) is 18.6 Å². The second kappa shape index (κ2) is 12.9. The van der Waals surface area contributed by atoms with Gasteiger partial charge in [0.1, 0.15) is 17.3 Å². The van der Waals surface area contributed by atoms with E-state index in [0.717, 1.165) is 57.0 Å². The predicted octanol–water partition coefficient (Wildman–Crippen LogP) is 12.3. The molecule has 9 aromatic rings. The molecule has 6 aromatic carbocycles. The Morgan fingerprint density at radius 3 is 2.07 bits per heavy atom. The molecule has 6 nitrogen and oxygen atoms in total. The molecule has 10 rings (SSSR count). The molecule has 0 radical (unpaired) electrons. The highest BCUT2D eigenvalue weighted by Crippen LogP contribution is 2.40. The van der Waals surface area contributed by atoms with Crippen LogP contribution in [0.4, 0.5) is 5.69 Å². The number of ether oxygens (including phenoxy) is 1. The van der Waals surface area contributed by atoms with Crippen LogP contribution in [0, 0.1) is 0 Å². The molecule has 0 unspecified atom stereocenters. The maximum absolute atomic E-state index is 6.87. The third-order valence-electron chi connectivity index (χ3n) is 11.3. The Hall–Kier alpha value is -6.79. The van der Waals surface area contributed by atoms with Crippen molar-refractivity contribution in [3.8, 4) is 28.4 Å². The van der Waals surface area contributed by atoms with E-state index in [-0.39, 0.29) is 5.41 Å². The molecule has 0 N–H and O–H groups in total. The van der Waals surface area contributed by atoms with Gasteiger partial charge in [-0.25, -0.2) is 4.98 Å². The molecular formula is C50H43N5O. The first-order valence-corrected chi connectivity index (χ1v) is 19.3. The molecule has 0 aliphatic carbocycles. The molecule has 4 heterocycles. The second-order valence-corrected chi connectivity index (χ2v) is 16.0. The Morgan fingerprint density at radius 1 is 0.554 bits per heavy atom. The standard InChI is InChI=1S/C50H43N5O/c1-50(2,3)36-25-37(54-31-48(52(4)32-54)34-16-10-7-11-17-34)27-39(26-36)56-38-21-22-41-42-24-35(33-14-8-6-9-15-33)20-23-45(42)55(47(41)28-38)49-29-46-43(30-51-49)40-18-12-13-19-44(40)53(46)5/h6-31H,32H2,1-5H3. The molecule has 3 aromatic heterocycles. The van der Waals surface area contributed by atoms with Crippen molar-refractivity contribution in [1.82, 2.24) is 19.0 Å². The van der Waals surface area contributed by atoms with Crippen LogP contribution in [0.5, 0.6) is 11.5 Å². The predicted molar refractivity (Wildman–Crippen MR) is 233 cm³/mol. The van der Waals surface area contributed by atoms with Crippen LogP contribution in [0.25, 0.3) is 66.3 Å². The highest BCUT2D eigenvalue weighted by atomic mass is 16.5. The number of benzene rings is 6. The summed E-state index contributed by atoms with van der Waals surface area (Å²) in [5, 5.41) is 4.67. The Balaban J connectivity index is 1.11. The smallest absolute Gasteiger partial charge is 0.139 e. The van der Waals surface area contributed by atoms with Gasteiger partial charge in [0.05, 0.1) is 28.9 Å². The van der Waals surface area contributed by atoms with Crippen molar-refractivity contribution in [1.29, 1.82) is 0 Å². The molecule has 0 fully saturated rings. The fourth-order valence-electron chi connectivity index (χ4n) is 8.32. The lowest BCUT2D eigenvalue weighted by Gasteiger charge is -2.25. The van der Waals surface area contributed by atoms with Crippen LogP contribution < -0.4 is 9.64 Å². The number of pyridine rings is 1. The summed E-state index contributed by atoms with van der Waals surface area (Å²) >= 11 is 0. The lowest BCUT2D eigenvalue weighted by molar-refractivity contribution is 0.478. The third-order valence-corrected chi connectivity index (χ3v) is 11.3. The van der Waals surface area contributed by atoms with Gasteiger partial charge in [-0.15, -0.1) is 0 Å². The topological polar surface area (TPSA) is 38.5 Å². The van der Waals surface area contributed by atoms with Crippen LogP contribution >= 0.6 is 0 Å². The third kappa shape index (κ3) is 5.68. The fourth-order valence-corrected chi connectivity index (χ4v) is 8.32. The summed E-state index contributed by atoms with van der Waals surface area (Å²) in [6, 6.07) is 51.8. The van der Waals surface area contributed by atoms with Gasteiger partial charge >= 0.3 is 0 Å². The Labute approximate surface area is 327 Å². The summed E-state index contributed by atoms with van der Waals surface area (Å²) in [4.78, 5) is 9.73. The molecular weight excluding hydrogens is 687 g/mol. The zero-order chi connectivity index (χ0) is 38.1. The lowest BCUT2D eigenvalue weighted by Crippen LogP contribution is -2.23. The second-order valence-electron chi connectivity index (χ2n) is 16.0. The van der Waals surface area contributed by atoms with Gasteiger partial charge in [0.2, 0.25) is 0 Å². The minimum atomic E-state index is -0.0788. The average molecular weight is 730 g/mol. The molecule has 1 aliphatic rings. The SMILES string of the molecule is CN1CN(c2cc(Oc3ccc4c5cc(-c6ccccc6)ccc5n(-c5cc6c(cn5)c5ccccc5n6C)c4c3)cc(C(C)(C)C)c2)C=C1c1ccccc1. The van der Waals surface area contributed by atoms with Gasteiger partial charge in [0.15, 0.2) is 0 Å². The number of hydrogen-bond donors (Lipinski definition) is 0. The highest BCUT2D eigenvalue weighted by molar-refractivity contribution is 6.12. The molecule has 56 heavy (non-hydrogen) atoms. The first-order valence-electron chi connectivity index (χ1n) is 19.3. The minimum absolute atomic E-state index is 0.0788. The maximum Gasteiger partial charge on any atom is 0.139 e. The van der Waals surface area contributed by atoms with Gasteiger partial charge in [0, 0.05) is 77.4 Å². The first kappa shape index (κ1) is 33.8. The van der Waals surface area contributed by atoms with Crippen molar-refractivity contribution in [2.24, 2.45) is 7.05 Å². The number of anilines is 1. The van der Waals surface area contributed by atoms with Crippen molar-refractivity contribution >= 4 is 55.0 Å². The molecule has 0 saturated carbocycles. The number of aryl methyl sites for hydroxylation is 1. The number of nitrogens with zero attached hydrogens (tertiary/aromatic N) is 5. The fraction of sp³-hybridized carbons (Fsp3) is 0.140. The van der Waals surface area contributed by atoms with Crippen molar-refractivity contribution in [2.45, 2.75) is 26.2 Å². The molecule has 0 atom stereocenters. The van der Waals surface area contributed by atoms with Gasteiger partial charge in [0.25, 0.3) is 0 Å². The summed E-state index contributed by atoms with van der Waals surface area (Å²) in [5.41, 5.74) is 11.5. The van der Waals surface area contributed by atoms with Crippen molar-refractivity contribution in [3.63, 3.8) is 0 Å². The molecule has 274 valence electrons. The zero-order valence-corrected chi connectivity index (χ0v) is 32.4. The van der Waals surface area contributed by atoms with Crippen LogP contribution in [0.3, 0.4) is 0 Å². The molecule has 1 aliphatic heterocycles. The molecule has 0 bridgehead atoms. The number of aromatic nitrogens is 3. The number of hydrogen-bond acceptors (Lipinski definition) is 4. The van der Waals surface area contributed by atoms with Crippen molar-refractivity contribution < 1.29 is 4.74 Å². The van der Waals surface area contributed by atoms with Crippen LogP contribution in [-0.4, -0.2) is 32.7 Å². The van der Waals surface area contributed by atoms with E-state index >= 15 is 0 Å². The van der Waals surface area contributed by atoms with Crippen LogP contribution in [0.1, 0.15) is 31.9 Å². The maximum atomic E-state index is 6.87. The van der Waals surface area contributed by atoms with Crippen LogP contribution in [-0.2, 0) is 12.5 Å². The number of para-hydroxylation sites is 1. The average Bonchev–Trinajstić information content (AvgIpc) is 3.86. The van der Waals surface area contributed by atoms with E-state index in [4.69, 9.17) is 9.72 Å². The molecule has 0 spiro atoms. The molecule has 0 amide bonds. The quantitative estimate of drug-likeness (QED) is 0.171. The van der Waals surface area contributed by atoms with Gasteiger partial charge < -0.3 is 19.1 Å². The Bertz CT molecular complexity index is 2990. The number of rotatable bonds is 6. The lowest BCUT2D eigenvalue weighted by atomic mass is 9.86. The summed E-state index contributed by atoms with van der Waals surface area (Å²) in [6.07, 6.45) is 4.27. The van der Waals surface area contributed by atoms with E-state index in [1.807, 2.05) is 6.20 Å². The highest BCUT2D eigenvalue weighted by Gasteiger charge is 2.24. The van der Waals surface area contributed by atoms with E-state index in [1.165, 1.54) is 44.2 Å². The van der Waals surface area contributed by atoms with Gasteiger partial charge in [-0.05, 0) is 70.1 Å². The first-order chi connectivity index (χ1) is 27.2. The van der Waals surface area contributed by atoms with Crippen LogP contribution in [0.2, 0.25) is 0 Å². The number of fused-ring (bicyclic) bond motifs is 6. The van der Waals surface area contributed by atoms with E-state index in [0.29, 0.717) is 0 Å².